The Balaban J connectivity index is 2.08. The van der Waals surface area contributed by atoms with Gasteiger partial charge in [-0.15, -0.1) is 0 Å². The van der Waals surface area contributed by atoms with Crippen LogP contribution in [0.25, 0.3) is 0 Å². The highest BCUT2D eigenvalue weighted by Gasteiger charge is 2.20. The predicted molar refractivity (Wildman–Crippen MR) is 80.3 cm³/mol. The molecule has 3 nitrogen and oxygen atoms in total. The average molecular weight is 271 g/mol. The van der Waals surface area contributed by atoms with Crippen molar-refractivity contribution in [2.75, 3.05) is 13.2 Å². The molecule has 0 bridgehead atoms. The Morgan fingerprint density at radius 3 is 2.63 bits per heavy atom. The Bertz CT molecular complexity index is 233. The summed E-state index contributed by atoms with van der Waals surface area (Å²) in [6.45, 7) is 10.0. The normalized spacial score (nSPS) is 27.5. The molecule has 4 atom stereocenters. The lowest BCUT2D eigenvalue weighted by molar-refractivity contribution is -0.0311. The van der Waals surface area contributed by atoms with Gasteiger partial charge in [0.15, 0.2) is 0 Å². The molecular formula is C16H33NO2. The van der Waals surface area contributed by atoms with Gasteiger partial charge in [-0.1, -0.05) is 33.6 Å². The molecule has 1 aliphatic rings. The molecule has 19 heavy (non-hydrogen) atoms. The van der Waals surface area contributed by atoms with E-state index < -0.39 is 0 Å². The minimum absolute atomic E-state index is 0.367. The molecule has 0 aliphatic heterocycles. The van der Waals surface area contributed by atoms with Crippen molar-refractivity contribution in [3.63, 3.8) is 0 Å². The third-order valence-electron chi connectivity index (χ3n) is 3.94. The number of hydrogen-bond donors (Lipinski definition) is 2. The van der Waals surface area contributed by atoms with E-state index in [0.29, 0.717) is 31.2 Å². The fraction of sp³-hybridized carbons (Fsp3) is 1.00. The zero-order valence-corrected chi connectivity index (χ0v) is 13.2. The molecule has 0 aromatic carbocycles. The van der Waals surface area contributed by atoms with Crippen LogP contribution in [0.2, 0.25) is 0 Å². The molecule has 1 aliphatic carbocycles. The lowest BCUT2D eigenvalue weighted by Crippen LogP contribution is -2.37. The van der Waals surface area contributed by atoms with Gasteiger partial charge in [-0.2, -0.15) is 0 Å². The smallest absolute Gasteiger partial charge is 0.0897 e. The minimum atomic E-state index is -0.383. The quantitative estimate of drug-likeness (QED) is 0.713. The molecule has 0 saturated heterocycles. The van der Waals surface area contributed by atoms with E-state index in [4.69, 9.17) is 4.74 Å². The standard InChI is InChI=1S/C16H33NO2/c1-12(2)8-14(4)17-10-15(18)11-19-16-7-5-6-13(3)9-16/h12-18H,5-11H2,1-4H3. The first-order valence-electron chi connectivity index (χ1n) is 8.00. The molecule has 1 fully saturated rings. The molecule has 1 saturated carbocycles. The second-order valence-electron chi connectivity index (χ2n) is 6.82. The summed E-state index contributed by atoms with van der Waals surface area (Å²) in [4.78, 5) is 0. The first-order valence-corrected chi connectivity index (χ1v) is 8.00. The van der Waals surface area contributed by atoms with Crippen LogP contribution in [0.4, 0.5) is 0 Å². The lowest BCUT2D eigenvalue weighted by atomic mass is 9.89. The second-order valence-corrected chi connectivity index (χ2v) is 6.82. The van der Waals surface area contributed by atoms with Crippen LogP contribution < -0.4 is 5.32 Å². The van der Waals surface area contributed by atoms with Crippen LogP contribution in [0.15, 0.2) is 0 Å². The van der Waals surface area contributed by atoms with Gasteiger partial charge in [-0.3, -0.25) is 0 Å². The molecule has 0 aromatic heterocycles. The second kappa shape index (κ2) is 8.93. The van der Waals surface area contributed by atoms with Gasteiger partial charge in [0, 0.05) is 12.6 Å². The van der Waals surface area contributed by atoms with E-state index in [1.54, 1.807) is 0 Å². The largest absolute Gasteiger partial charge is 0.389 e. The number of aliphatic hydroxyl groups excluding tert-OH is 1. The summed E-state index contributed by atoms with van der Waals surface area (Å²) >= 11 is 0. The fourth-order valence-corrected chi connectivity index (χ4v) is 2.96. The topological polar surface area (TPSA) is 41.5 Å². The van der Waals surface area contributed by atoms with Gasteiger partial charge in [-0.05, 0) is 38.0 Å². The summed E-state index contributed by atoms with van der Waals surface area (Å²) < 4.78 is 5.84. The van der Waals surface area contributed by atoms with Gasteiger partial charge in [0.1, 0.15) is 0 Å². The molecule has 3 heteroatoms. The number of rotatable bonds is 8. The van der Waals surface area contributed by atoms with Gasteiger partial charge in [0.05, 0.1) is 18.8 Å². The maximum absolute atomic E-state index is 9.94. The SMILES string of the molecule is CC(C)CC(C)NCC(O)COC1CCCC(C)C1. The minimum Gasteiger partial charge on any atom is -0.389 e. The summed E-state index contributed by atoms with van der Waals surface area (Å²) in [5.74, 6) is 1.47. The van der Waals surface area contributed by atoms with Crippen molar-refractivity contribution in [1.29, 1.82) is 0 Å². The summed E-state index contributed by atoms with van der Waals surface area (Å²) in [7, 11) is 0. The Morgan fingerprint density at radius 1 is 1.26 bits per heavy atom. The monoisotopic (exact) mass is 271 g/mol. The van der Waals surface area contributed by atoms with Crippen LogP contribution in [0, 0.1) is 11.8 Å². The van der Waals surface area contributed by atoms with E-state index in [9.17, 15) is 5.11 Å². The maximum Gasteiger partial charge on any atom is 0.0897 e. The molecule has 2 N–H and O–H groups in total. The third kappa shape index (κ3) is 7.91. The van der Waals surface area contributed by atoms with Crippen molar-refractivity contribution in [2.24, 2.45) is 11.8 Å². The van der Waals surface area contributed by atoms with E-state index in [1.165, 1.54) is 12.8 Å². The van der Waals surface area contributed by atoms with E-state index in [2.05, 4.69) is 33.0 Å². The van der Waals surface area contributed by atoms with Crippen molar-refractivity contribution >= 4 is 0 Å². The van der Waals surface area contributed by atoms with Crippen LogP contribution in [0.3, 0.4) is 0 Å². The summed E-state index contributed by atoms with van der Waals surface area (Å²) in [6, 6.07) is 0.462. The van der Waals surface area contributed by atoms with Crippen molar-refractivity contribution < 1.29 is 9.84 Å². The summed E-state index contributed by atoms with van der Waals surface area (Å²) in [6.07, 6.45) is 6.05. The van der Waals surface area contributed by atoms with Crippen LogP contribution >= 0.6 is 0 Å². The first kappa shape index (κ1) is 16.9. The highest BCUT2D eigenvalue weighted by molar-refractivity contribution is 4.72. The Hall–Kier alpha value is -0.120. The highest BCUT2D eigenvalue weighted by atomic mass is 16.5. The highest BCUT2D eigenvalue weighted by Crippen LogP contribution is 2.25. The van der Waals surface area contributed by atoms with E-state index in [-0.39, 0.29) is 6.10 Å². The van der Waals surface area contributed by atoms with Gasteiger partial charge < -0.3 is 15.2 Å². The van der Waals surface area contributed by atoms with E-state index >= 15 is 0 Å². The molecule has 0 radical (unpaired) electrons. The molecule has 114 valence electrons. The van der Waals surface area contributed by atoms with Crippen molar-refractivity contribution in [1.82, 2.24) is 5.32 Å². The van der Waals surface area contributed by atoms with Crippen molar-refractivity contribution in [3.8, 4) is 0 Å². The fourth-order valence-electron chi connectivity index (χ4n) is 2.96. The summed E-state index contributed by atoms with van der Waals surface area (Å²) in [5.41, 5.74) is 0. The predicted octanol–water partition coefficient (Wildman–Crippen LogP) is 2.97. The Kier molecular flexibility index (Phi) is 7.96. The van der Waals surface area contributed by atoms with Crippen molar-refractivity contribution in [3.05, 3.63) is 0 Å². The molecule has 4 unspecified atom stereocenters. The zero-order chi connectivity index (χ0) is 14.3. The van der Waals surface area contributed by atoms with Gasteiger partial charge in [-0.25, -0.2) is 0 Å². The van der Waals surface area contributed by atoms with Gasteiger partial charge in [0.2, 0.25) is 0 Å². The molecular weight excluding hydrogens is 238 g/mol. The lowest BCUT2D eigenvalue weighted by Gasteiger charge is -2.28. The Labute approximate surface area is 119 Å². The molecule has 0 spiro atoms. The number of aliphatic hydroxyl groups is 1. The van der Waals surface area contributed by atoms with Gasteiger partial charge >= 0.3 is 0 Å². The Morgan fingerprint density at radius 2 is 2.00 bits per heavy atom. The van der Waals surface area contributed by atoms with Crippen molar-refractivity contribution in [2.45, 2.75) is 78.0 Å². The van der Waals surface area contributed by atoms with Crippen LogP contribution in [-0.2, 0) is 4.74 Å². The van der Waals surface area contributed by atoms with Crippen LogP contribution in [0.1, 0.15) is 59.8 Å². The molecule has 0 amide bonds. The average Bonchev–Trinajstić information content (AvgIpc) is 2.33. The van der Waals surface area contributed by atoms with Crippen LogP contribution in [0.5, 0.6) is 0 Å². The third-order valence-corrected chi connectivity index (χ3v) is 3.94. The summed E-state index contributed by atoms with van der Waals surface area (Å²) in [5, 5.41) is 13.3. The first-order chi connectivity index (χ1) is 8.97. The zero-order valence-electron chi connectivity index (χ0n) is 13.2. The maximum atomic E-state index is 9.94. The van der Waals surface area contributed by atoms with Gasteiger partial charge in [0.25, 0.3) is 0 Å². The number of ether oxygens (including phenoxy) is 1. The van der Waals surface area contributed by atoms with Crippen LogP contribution in [-0.4, -0.2) is 36.5 Å². The molecule has 0 aromatic rings. The molecule has 1 rings (SSSR count). The molecule has 0 heterocycles. The number of hydrogen-bond acceptors (Lipinski definition) is 3. The van der Waals surface area contributed by atoms with E-state index in [1.807, 2.05) is 0 Å². The van der Waals surface area contributed by atoms with E-state index in [0.717, 1.165) is 25.2 Å². The number of nitrogens with one attached hydrogen (secondary N) is 1.